The van der Waals surface area contributed by atoms with E-state index < -0.39 is 0 Å². The molecule has 2 aromatic rings. The molecule has 152 valence electrons. The van der Waals surface area contributed by atoms with Crippen molar-refractivity contribution >= 4 is 18.3 Å². The third-order valence-electron chi connectivity index (χ3n) is 5.44. The molecule has 28 heavy (non-hydrogen) atoms. The van der Waals surface area contributed by atoms with Crippen molar-refractivity contribution in [3.05, 3.63) is 71.3 Å². The second-order valence-corrected chi connectivity index (χ2v) is 7.82. The molecule has 1 saturated carbocycles. The van der Waals surface area contributed by atoms with Crippen LogP contribution in [-0.4, -0.2) is 11.4 Å². The maximum Gasteiger partial charge on any atom is 0.225 e. The Morgan fingerprint density at radius 3 is 2.29 bits per heavy atom. The van der Waals surface area contributed by atoms with Gasteiger partial charge in [0.15, 0.2) is 0 Å². The Hall–Kier alpha value is -1.88. The molecule has 2 atom stereocenters. The molecule has 0 spiro atoms. The van der Waals surface area contributed by atoms with Crippen molar-refractivity contribution in [2.75, 3.05) is 0 Å². The molecule has 1 fully saturated rings. The predicted octanol–water partition coefficient (Wildman–Crippen LogP) is 4.35. The van der Waals surface area contributed by atoms with Crippen molar-refractivity contribution in [3.63, 3.8) is 0 Å². The maximum atomic E-state index is 12.5. The lowest BCUT2D eigenvalue weighted by atomic mass is 9.74. The number of halogens is 1. The molecule has 3 N–H and O–H groups in total. The number of nitrogens with one attached hydrogen (secondary N) is 1. The van der Waals surface area contributed by atoms with Crippen LogP contribution in [0.4, 0.5) is 0 Å². The number of hydrogen-bond acceptors (Lipinski definition) is 3. The van der Waals surface area contributed by atoms with Crippen LogP contribution < -0.4 is 11.1 Å². The monoisotopic (exact) mass is 402 g/mol. The van der Waals surface area contributed by atoms with Gasteiger partial charge in [-0.1, -0.05) is 67.4 Å². The summed E-state index contributed by atoms with van der Waals surface area (Å²) in [7, 11) is 0. The maximum absolute atomic E-state index is 12.5. The van der Waals surface area contributed by atoms with Gasteiger partial charge < -0.3 is 15.8 Å². The van der Waals surface area contributed by atoms with Gasteiger partial charge in [-0.15, -0.1) is 12.4 Å². The third kappa shape index (κ3) is 6.33. The fourth-order valence-electron chi connectivity index (χ4n) is 3.72. The third-order valence-corrected chi connectivity index (χ3v) is 5.44. The number of benzene rings is 2. The van der Waals surface area contributed by atoms with E-state index in [1.807, 2.05) is 37.3 Å². The Morgan fingerprint density at radius 2 is 1.64 bits per heavy atom. The van der Waals surface area contributed by atoms with Crippen molar-refractivity contribution in [2.45, 2.75) is 57.9 Å². The van der Waals surface area contributed by atoms with Crippen molar-refractivity contribution in [2.24, 2.45) is 11.7 Å². The summed E-state index contributed by atoms with van der Waals surface area (Å²) in [6.07, 6.45) is 4.01. The molecule has 1 aliphatic rings. The van der Waals surface area contributed by atoms with Crippen LogP contribution in [0.15, 0.2) is 54.6 Å². The summed E-state index contributed by atoms with van der Waals surface area (Å²) >= 11 is 0. The molecular formula is C23H31ClN2O2. The molecule has 3 rings (SSSR count). The van der Waals surface area contributed by atoms with E-state index in [9.17, 15) is 4.79 Å². The number of rotatable bonds is 7. The summed E-state index contributed by atoms with van der Waals surface area (Å²) in [4.78, 5) is 12.5. The van der Waals surface area contributed by atoms with Gasteiger partial charge in [-0.25, -0.2) is 0 Å². The van der Waals surface area contributed by atoms with Gasteiger partial charge in [0.1, 0.15) is 0 Å². The van der Waals surface area contributed by atoms with Crippen LogP contribution in [0, 0.1) is 5.92 Å². The van der Waals surface area contributed by atoms with Gasteiger partial charge in [-0.05, 0) is 36.5 Å². The molecule has 2 unspecified atom stereocenters. The average molecular weight is 403 g/mol. The molecule has 0 aliphatic heterocycles. The summed E-state index contributed by atoms with van der Waals surface area (Å²) in [5.74, 6) is -0.00752. The van der Waals surface area contributed by atoms with E-state index in [-0.39, 0.29) is 29.8 Å². The molecule has 0 heterocycles. The van der Waals surface area contributed by atoms with E-state index in [0.717, 1.165) is 36.8 Å². The first-order valence-electron chi connectivity index (χ1n) is 9.81. The molecule has 5 heteroatoms. The van der Waals surface area contributed by atoms with Crippen LogP contribution in [0.3, 0.4) is 0 Å². The van der Waals surface area contributed by atoms with Gasteiger partial charge in [0, 0.05) is 12.1 Å². The average Bonchev–Trinajstić information content (AvgIpc) is 2.67. The number of carbonyl (C=O) groups excluding carboxylic acids is 1. The van der Waals surface area contributed by atoms with Crippen LogP contribution in [0.25, 0.3) is 0 Å². The minimum Gasteiger partial charge on any atom is -0.372 e. The smallest absolute Gasteiger partial charge is 0.225 e. The first kappa shape index (κ1) is 22.4. The molecule has 4 nitrogen and oxygen atoms in total. The van der Waals surface area contributed by atoms with Crippen LogP contribution in [0.2, 0.25) is 0 Å². The zero-order valence-corrected chi connectivity index (χ0v) is 17.3. The molecule has 0 bridgehead atoms. The van der Waals surface area contributed by atoms with Gasteiger partial charge in [0.25, 0.3) is 0 Å². The van der Waals surface area contributed by atoms with Gasteiger partial charge in [0.2, 0.25) is 5.91 Å². The van der Waals surface area contributed by atoms with E-state index in [4.69, 9.17) is 10.5 Å². The Balaban J connectivity index is 0.00000280. The zero-order valence-electron chi connectivity index (χ0n) is 16.5. The summed E-state index contributed by atoms with van der Waals surface area (Å²) in [6.45, 7) is 3.73. The fourth-order valence-corrected chi connectivity index (χ4v) is 3.72. The van der Waals surface area contributed by atoms with Gasteiger partial charge >= 0.3 is 0 Å². The van der Waals surface area contributed by atoms with Crippen LogP contribution in [0.1, 0.15) is 49.3 Å². The summed E-state index contributed by atoms with van der Waals surface area (Å²) in [6, 6.07) is 18.4. The van der Waals surface area contributed by atoms with E-state index in [1.165, 1.54) is 5.56 Å². The lowest BCUT2D eigenvalue weighted by molar-refractivity contribution is -0.128. The number of ether oxygens (including phenoxy) is 1. The van der Waals surface area contributed by atoms with Crippen LogP contribution >= 0.6 is 12.4 Å². The number of nitrogens with two attached hydrogens (primary N) is 1. The van der Waals surface area contributed by atoms with Crippen LogP contribution in [-0.2, 0) is 29.3 Å². The number of amides is 1. The van der Waals surface area contributed by atoms with Crippen molar-refractivity contribution in [3.8, 4) is 0 Å². The molecule has 0 radical (unpaired) electrons. The molecular weight excluding hydrogens is 372 g/mol. The minimum atomic E-state index is -0.387. The first-order valence-corrected chi connectivity index (χ1v) is 9.81. The number of carbonyl (C=O) groups is 1. The highest BCUT2D eigenvalue weighted by Crippen LogP contribution is 2.31. The van der Waals surface area contributed by atoms with Crippen molar-refractivity contribution in [1.29, 1.82) is 0 Å². The van der Waals surface area contributed by atoms with E-state index in [2.05, 4.69) is 29.6 Å². The summed E-state index contributed by atoms with van der Waals surface area (Å²) < 4.78 is 5.76. The molecule has 1 amide bonds. The largest absolute Gasteiger partial charge is 0.372 e. The van der Waals surface area contributed by atoms with Crippen molar-refractivity contribution < 1.29 is 9.53 Å². The van der Waals surface area contributed by atoms with Gasteiger partial charge in [-0.3, -0.25) is 4.79 Å². The number of hydrogen-bond donors (Lipinski definition) is 2. The molecule has 0 aromatic heterocycles. The second-order valence-electron chi connectivity index (χ2n) is 7.82. The van der Waals surface area contributed by atoms with Gasteiger partial charge in [-0.2, -0.15) is 0 Å². The Morgan fingerprint density at radius 1 is 1.04 bits per heavy atom. The summed E-state index contributed by atoms with van der Waals surface area (Å²) in [5.41, 5.74) is 9.33. The predicted molar refractivity (Wildman–Crippen MR) is 115 cm³/mol. The lowest BCUT2D eigenvalue weighted by Crippen LogP contribution is -2.52. The van der Waals surface area contributed by atoms with E-state index in [1.54, 1.807) is 0 Å². The van der Waals surface area contributed by atoms with Crippen LogP contribution in [0.5, 0.6) is 0 Å². The van der Waals surface area contributed by atoms with E-state index in [0.29, 0.717) is 19.8 Å². The molecule has 2 aromatic carbocycles. The quantitative estimate of drug-likeness (QED) is 0.723. The highest BCUT2D eigenvalue weighted by molar-refractivity contribution is 5.85. The highest BCUT2D eigenvalue weighted by atomic mass is 35.5. The summed E-state index contributed by atoms with van der Waals surface area (Å²) in [5, 5.41) is 3.06. The Kier molecular flexibility index (Phi) is 8.49. The lowest BCUT2D eigenvalue weighted by Gasteiger charge is -2.37. The second kappa shape index (κ2) is 10.6. The van der Waals surface area contributed by atoms with Crippen molar-refractivity contribution in [1.82, 2.24) is 5.32 Å². The standard InChI is InChI=1S/C23H30N2O2.ClH/c1-23(24)14-6-5-9-21(23)22(26)25-15-18-10-12-20(13-11-18)17-27-16-19-7-3-2-4-8-19;/h2-4,7-8,10-13,21H,5-6,9,14-17,24H2,1H3,(H,25,26);1H. The Bertz CT molecular complexity index is 732. The highest BCUT2D eigenvalue weighted by Gasteiger charge is 2.37. The molecule has 1 aliphatic carbocycles. The van der Waals surface area contributed by atoms with Gasteiger partial charge in [0.05, 0.1) is 19.1 Å². The Labute approximate surface area is 174 Å². The SMILES string of the molecule is CC1(N)CCCCC1C(=O)NCc1ccc(COCc2ccccc2)cc1.Cl. The fraction of sp³-hybridized carbons (Fsp3) is 0.435. The topological polar surface area (TPSA) is 64.4 Å². The normalized spacial score (nSPS) is 21.6. The zero-order chi connectivity index (χ0) is 19.1. The minimum absolute atomic E-state index is 0. The first-order chi connectivity index (χ1) is 13.0. The van der Waals surface area contributed by atoms with E-state index >= 15 is 0 Å². The molecule has 0 saturated heterocycles.